The van der Waals surface area contributed by atoms with E-state index in [-0.39, 0.29) is 30.1 Å². The quantitative estimate of drug-likeness (QED) is 0.898. The number of hydrogen-bond donors (Lipinski definition) is 1. The molecule has 1 aliphatic carbocycles. The van der Waals surface area contributed by atoms with Crippen LogP contribution in [0, 0.1) is 17.7 Å². The molecule has 0 heterocycles. The Morgan fingerprint density at radius 1 is 1.40 bits per heavy atom. The van der Waals surface area contributed by atoms with Crippen molar-refractivity contribution in [2.75, 3.05) is 13.6 Å². The molecule has 0 aromatic heterocycles. The van der Waals surface area contributed by atoms with E-state index in [1.54, 1.807) is 26.1 Å². The van der Waals surface area contributed by atoms with Gasteiger partial charge in [-0.2, -0.15) is 0 Å². The summed E-state index contributed by atoms with van der Waals surface area (Å²) in [5.74, 6) is -1.78. The van der Waals surface area contributed by atoms with Crippen LogP contribution in [0.25, 0.3) is 0 Å². The minimum absolute atomic E-state index is 0.0348. The van der Waals surface area contributed by atoms with Crippen molar-refractivity contribution < 1.29 is 19.1 Å². The van der Waals surface area contributed by atoms with Crippen molar-refractivity contribution in [3.63, 3.8) is 0 Å². The smallest absolute Gasteiger partial charge is 0.308 e. The van der Waals surface area contributed by atoms with Crippen molar-refractivity contribution in [1.82, 2.24) is 4.90 Å². The molecule has 3 atom stereocenters. The van der Waals surface area contributed by atoms with Gasteiger partial charge < -0.3 is 10.0 Å². The van der Waals surface area contributed by atoms with Crippen molar-refractivity contribution in [3.05, 3.63) is 35.6 Å². The number of carboxylic acids is 1. The lowest BCUT2D eigenvalue weighted by Gasteiger charge is -2.19. The average Bonchev–Trinajstić information content (AvgIpc) is 3.18. The van der Waals surface area contributed by atoms with Crippen LogP contribution < -0.4 is 0 Å². The highest BCUT2D eigenvalue weighted by atomic mass is 19.1. The Bertz CT molecular complexity index is 514. The second-order valence-electron chi connectivity index (χ2n) is 5.46. The summed E-state index contributed by atoms with van der Waals surface area (Å²) in [7, 11) is 1.63. The van der Waals surface area contributed by atoms with E-state index in [1.165, 1.54) is 17.0 Å². The number of carboxylic acid groups (broad SMARTS) is 1. The van der Waals surface area contributed by atoms with E-state index in [0.717, 1.165) is 12.0 Å². The Kier molecular flexibility index (Phi) is 4.06. The van der Waals surface area contributed by atoms with E-state index in [0.29, 0.717) is 0 Å². The Balaban J connectivity index is 1.92. The summed E-state index contributed by atoms with van der Waals surface area (Å²) >= 11 is 0. The van der Waals surface area contributed by atoms with Gasteiger partial charge in [-0.05, 0) is 30.0 Å². The standard InChI is InChI=1S/C15H18FNO3/c1-9(15(19)20)8-17(2)14(18)13-7-12(13)10-3-5-11(16)6-4-10/h3-6,9,12-13H,7-8H2,1-2H3,(H,19,20). The molecule has 1 aliphatic rings. The van der Waals surface area contributed by atoms with E-state index >= 15 is 0 Å². The molecule has 2 rings (SSSR count). The molecule has 0 bridgehead atoms. The highest BCUT2D eigenvalue weighted by Crippen LogP contribution is 2.48. The lowest BCUT2D eigenvalue weighted by Crippen LogP contribution is -2.34. The Morgan fingerprint density at radius 2 is 2.00 bits per heavy atom. The zero-order chi connectivity index (χ0) is 14.9. The molecule has 4 nitrogen and oxygen atoms in total. The molecule has 108 valence electrons. The molecule has 0 saturated heterocycles. The highest BCUT2D eigenvalue weighted by molar-refractivity contribution is 5.83. The first-order valence-corrected chi connectivity index (χ1v) is 6.63. The Morgan fingerprint density at radius 3 is 2.55 bits per heavy atom. The van der Waals surface area contributed by atoms with E-state index in [1.807, 2.05) is 0 Å². The molecule has 1 saturated carbocycles. The fraction of sp³-hybridized carbons (Fsp3) is 0.467. The fourth-order valence-corrected chi connectivity index (χ4v) is 2.41. The van der Waals surface area contributed by atoms with Gasteiger partial charge >= 0.3 is 5.97 Å². The number of rotatable bonds is 5. The molecule has 1 aromatic rings. The van der Waals surface area contributed by atoms with Crippen LogP contribution in [0.4, 0.5) is 4.39 Å². The second kappa shape index (κ2) is 5.61. The summed E-state index contributed by atoms with van der Waals surface area (Å²) in [5, 5.41) is 8.85. The van der Waals surface area contributed by atoms with E-state index in [2.05, 4.69) is 0 Å². The van der Waals surface area contributed by atoms with Gasteiger partial charge in [0.1, 0.15) is 5.82 Å². The van der Waals surface area contributed by atoms with Gasteiger partial charge in [-0.25, -0.2) is 4.39 Å². The molecule has 0 aliphatic heterocycles. The maximum atomic E-state index is 12.8. The van der Waals surface area contributed by atoms with Crippen molar-refractivity contribution in [2.24, 2.45) is 11.8 Å². The van der Waals surface area contributed by atoms with Crippen LogP contribution in [-0.2, 0) is 9.59 Å². The Hall–Kier alpha value is -1.91. The summed E-state index contributed by atoms with van der Waals surface area (Å²) in [4.78, 5) is 24.4. The maximum absolute atomic E-state index is 12.8. The molecule has 0 spiro atoms. The highest BCUT2D eigenvalue weighted by Gasteiger charge is 2.45. The number of carbonyl (C=O) groups is 2. The summed E-state index contributed by atoms with van der Waals surface area (Å²) in [5.41, 5.74) is 0.962. The molecule has 5 heteroatoms. The van der Waals surface area contributed by atoms with Crippen molar-refractivity contribution in [3.8, 4) is 0 Å². The van der Waals surface area contributed by atoms with Gasteiger partial charge in [-0.15, -0.1) is 0 Å². The predicted octanol–water partition coefficient (Wildman–Crippen LogP) is 2.11. The SMILES string of the molecule is CC(CN(C)C(=O)C1CC1c1ccc(F)cc1)C(=O)O. The van der Waals surface area contributed by atoms with Gasteiger partial charge in [0.2, 0.25) is 5.91 Å². The number of amides is 1. The molecule has 1 fully saturated rings. The normalized spacial score (nSPS) is 22.1. The second-order valence-corrected chi connectivity index (χ2v) is 5.46. The summed E-state index contributed by atoms with van der Waals surface area (Å²) < 4.78 is 12.8. The lowest BCUT2D eigenvalue weighted by molar-refractivity contribution is -0.142. The molecule has 1 amide bonds. The summed E-state index contributed by atoms with van der Waals surface area (Å²) in [6.07, 6.45) is 0.746. The van der Waals surface area contributed by atoms with Crippen LogP contribution >= 0.6 is 0 Å². The van der Waals surface area contributed by atoms with Crippen LogP contribution in [0.5, 0.6) is 0 Å². The van der Waals surface area contributed by atoms with Gasteiger partial charge in [0, 0.05) is 19.5 Å². The van der Waals surface area contributed by atoms with E-state index in [4.69, 9.17) is 5.11 Å². The van der Waals surface area contributed by atoms with E-state index in [9.17, 15) is 14.0 Å². The number of nitrogens with zero attached hydrogens (tertiary/aromatic N) is 1. The number of aliphatic carboxylic acids is 1. The third-order valence-electron chi connectivity index (χ3n) is 3.75. The minimum atomic E-state index is -0.907. The zero-order valence-electron chi connectivity index (χ0n) is 11.5. The van der Waals surface area contributed by atoms with Gasteiger partial charge in [0.25, 0.3) is 0 Å². The number of benzene rings is 1. The monoisotopic (exact) mass is 279 g/mol. The minimum Gasteiger partial charge on any atom is -0.481 e. The molecular weight excluding hydrogens is 261 g/mol. The average molecular weight is 279 g/mol. The Labute approximate surface area is 117 Å². The van der Waals surface area contributed by atoms with Gasteiger partial charge in [-0.3, -0.25) is 9.59 Å². The van der Waals surface area contributed by atoms with Crippen molar-refractivity contribution in [2.45, 2.75) is 19.3 Å². The number of carbonyl (C=O) groups excluding carboxylic acids is 1. The first-order valence-electron chi connectivity index (χ1n) is 6.63. The van der Waals surface area contributed by atoms with Crippen LogP contribution in [0.2, 0.25) is 0 Å². The van der Waals surface area contributed by atoms with Gasteiger partial charge in [-0.1, -0.05) is 19.1 Å². The number of halogens is 1. The molecule has 1 aromatic carbocycles. The van der Waals surface area contributed by atoms with E-state index < -0.39 is 11.9 Å². The van der Waals surface area contributed by atoms with Gasteiger partial charge in [0.05, 0.1) is 5.92 Å². The van der Waals surface area contributed by atoms with Crippen molar-refractivity contribution >= 4 is 11.9 Å². The summed E-state index contributed by atoms with van der Waals surface area (Å²) in [6, 6.07) is 6.19. The maximum Gasteiger partial charge on any atom is 0.308 e. The van der Waals surface area contributed by atoms with Crippen LogP contribution in [0.15, 0.2) is 24.3 Å². The fourth-order valence-electron chi connectivity index (χ4n) is 2.41. The molecule has 20 heavy (non-hydrogen) atoms. The molecule has 0 radical (unpaired) electrons. The van der Waals surface area contributed by atoms with Crippen LogP contribution in [-0.4, -0.2) is 35.5 Å². The molecule has 3 unspecified atom stereocenters. The first-order chi connectivity index (χ1) is 9.40. The molecule has 1 N–H and O–H groups in total. The largest absolute Gasteiger partial charge is 0.481 e. The summed E-state index contributed by atoms with van der Waals surface area (Å²) in [6.45, 7) is 1.79. The third-order valence-corrected chi connectivity index (χ3v) is 3.75. The van der Waals surface area contributed by atoms with Crippen LogP contribution in [0.1, 0.15) is 24.8 Å². The number of hydrogen-bond acceptors (Lipinski definition) is 2. The lowest BCUT2D eigenvalue weighted by atomic mass is 10.1. The third kappa shape index (κ3) is 3.15. The molecular formula is C15H18FNO3. The van der Waals surface area contributed by atoms with Gasteiger partial charge in [0.15, 0.2) is 0 Å². The zero-order valence-corrected chi connectivity index (χ0v) is 11.5. The van der Waals surface area contributed by atoms with Crippen molar-refractivity contribution in [1.29, 1.82) is 0 Å². The topological polar surface area (TPSA) is 57.6 Å². The first kappa shape index (κ1) is 14.5. The van der Waals surface area contributed by atoms with Crippen LogP contribution in [0.3, 0.4) is 0 Å². The predicted molar refractivity (Wildman–Crippen MR) is 71.7 cm³/mol.